The SMILES string of the molecule is O=C(Nc1ccccc1)[C@H]1CCCN(Cn2c(=O)oc3ccc(Cl)cc32)C1. The summed E-state index contributed by atoms with van der Waals surface area (Å²) in [5.41, 5.74) is 1.98. The number of benzene rings is 2. The Bertz CT molecular complexity index is 1010. The normalized spacial score (nSPS) is 17.9. The van der Waals surface area contributed by atoms with Gasteiger partial charge in [-0.05, 0) is 49.7 Å². The molecule has 1 N–H and O–H groups in total. The van der Waals surface area contributed by atoms with Crippen LogP contribution in [0.4, 0.5) is 5.69 Å². The summed E-state index contributed by atoms with van der Waals surface area (Å²) in [4.78, 5) is 26.9. The number of piperidine rings is 1. The average molecular weight is 386 g/mol. The van der Waals surface area contributed by atoms with E-state index in [1.807, 2.05) is 30.3 Å². The Labute approximate surface area is 161 Å². The zero-order valence-corrected chi connectivity index (χ0v) is 15.5. The van der Waals surface area contributed by atoms with Crippen LogP contribution in [0.5, 0.6) is 0 Å². The van der Waals surface area contributed by atoms with Crippen LogP contribution < -0.4 is 11.1 Å². The maximum atomic E-state index is 12.6. The molecular formula is C20H20ClN3O3. The van der Waals surface area contributed by atoms with Gasteiger partial charge in [-0.2, -0.15) is 0 Å². The summed E-state index contributed by atoms with van der Waals surface area (Å²) in [7, 11) is 0. The Balaban J connectivity index is 1.47. The molecule has 2 aromatic carbocycles. The molecule has 1 amide bonds. The minimum Gasteiger partial charge on any atom is -0.408 e. The van der Waals surface area contributed by atoms with Crippen LogP contribution in [0.2, 0.25) is 5.02 Å². The lowest BCUT2D eigenvalue weighted by atomic mass is 9.97. The Hall–Kier alpha value is -2.57. The number of anilines is 1. The largest absolute Gasteiger partial charge is 0.421 e. The standard InChI is InChI=1S/C20H20ClN3O3/c21-15-8-9-18-17(11-15)24(20(26)27-18)13-23-10-4-5-14(12-23)19(25)22-16-6-2-1-3-7-16/h1-3,6-9,11,14H,4-5,10,12-13H2,(H,22,25)/t14-/m0/s1. The molecular weight excluding hydrogens is 366 g/mol. The average Bonchev–Trinajstić information content (AvgIpc) is 2.98. The first-order valence-corrected chi connectivity index (χ1v) is 9.35. The Morgan fingerprint density at radius 2 is 2.04 bits per heavy atom. The van der Waals surface area contributed by atoms with Crippen LogP contribution in [0.15, 0.2) is 57.7 Å². The summed E-state index contributed by atoms with van der Waals surface area (Å²) >= 11 is 6.06. The van der Waals surface area contributed by atoms with Gasteiger partial charge in [0.15, 0.2) is 5.58 Å². The molecule has 0 aliphatic carbocycles. The number of amides is 1. The number of carbonyl (C=O) groups excluding carboxylic acids is 1. The van der Waals surface area contributed by atoms with Gasteiger partial charge < -0.3 is 9.73 Å². The number of fused-ring (bicyclic) bond motifs is 1. The number of nitrogens with one attached hydrogen (secondary N) is 1. The van der Waals surface area contributed by atoms with Gasteiger partial charge in [0.2, 0.25) is 5.91 Å². The molecule has 6 nitrogen and oxygen atoms in total. The van der Waals surface area contributed by atoms with Crippen molar-refractivity contribution in [3.8, 4) is 0 Å². The van der Waals surface area contributed by atoms with Crippen molar-refractivity contribution < 1.29 is 9.21 Å². The lowest BCUT2D eigenvalue weighted by molar-refractivity contribution is -0.121. The molecule has 1 aliphatic rings. The number of likely N-dealkylation sites (tertiary alicyclic amines) is 1. The van der Waals surface area contributed by atoms with E-state index in [4.69, 9.17) is 16.0 Å². The second kappa shape index (κ2) is 7.58. The van der Waals surface area contributed by atoms with Crippen LogP contribution in [-0.4, -0.2) is 28.5 Å². The number of carbonyl (C=O) groups is 1. The van der Waals surface area contributed by atoms with Crippen LogP contribution in [0, 0.1) is 5.92 Å². The number of hydrogen-bond donors (Lipinski definition) is 1. The van der Waals surface area contributed by atoms with Gasteiger partial charge in [-0.25, -0.2) is 4.79 Å². The van der Waals surface area contributed by atoms with E-state index < -0.39 is 5.76 Å². The molecule has 27 heavy (non-hydrogen) atoms. The van der Waals surface area contributed by atoms with Gasteiger partial charge in [0.1, 0.15) is 0 Å². The number of halogens is 1. The number of oxazole rings is 1. The minimum absolute atomic E-state index is 0.0124. The third-order valence-corrected chi connectivity index (χ3v) is 5.12. The van der Waals surface area contributed by atoms with E-state index >= 15 is 0 Å². The van der Waals surface area contributed by atoms with Crippen LogP contribution in [0.1, 0.15) is 12.8 Å². The number of hydrogen-bond acceptors (Lipinski definition) is 4. The number of para-hydroxylation sites is 1. The maximum Gasteiger partial charge on any atom is 0.421 e. The number of aromatic nitrogens is 1. The Morgan fingerprint density at radius 1 is 1.22 bits per heavy atom. The molecule has 1 fully saturated rings. The molecule has 140 valence electrons. The van der Waals surface area contributed by atoms with E-state index in [0.29, 0.717) is 29.3 Å². The zero-order chi connectivity index (χ0) is 18.8. The van der Waals surface area contributed by atoms with Crippen molar-refractivity contribution in [3.63, 3.8) is 0 Å². The zero-order valence-electron chi connectivity index (χ0n) is 14.7. The highest BCUT2D eigenvalue weighted by molar-refractivity contribution is 6.31. The van der Waals surface area contributed by atoms with Gasteiger partial charge in [0.05, 0.1) is 18.1 Å². The first kappa shape index (κ1) is 17.8. The summed E-state index contributed by atoms with van der Waals surface area (Å²) in [5, 5.41) is 3.52. The van der Waals surface area contributed by atoms with E-state index in [1.165, 1.54) is 0 Å². The van der Waals surface area contributed by atoms with Crippen molar-refractivity contribution in [2.45, 2.75) is 19.5 Å². The van der Waals surface area contributed by atoms with Gasteiger partial charge in [0, 0.05) is 17.3 Å². The van der Waals surface area contributed by atoms with E-state index in [0.717, 1.165) is 25.1 Å². The molecule has 0 unspecified atom stereocenters. The molecule has 1 saturated heterocycles. The Morgan fingerprint density at radius 3 is 2.85 bits per heavy atom. The molecule has 4 rings (SSSR count). The smallest absolute Gasteiger partial charge is 0.408 e. The van der Waals surface area contributed by atoms with E-state index in [1.54, 1.807) is 22.8 Å². The first-order chi connectivity index (χ1) is 13.1. The highest BCUT2D eigenvalue weighted by Gasteiger charge is 2.26. The van der Waals surface area contributed by atoms with Crippen molar-refractivity contribution in [1.29, 1.82) is 0 Å². The predicted octanol–water partition coefficient (Wildman–Crippen LogP) is 3.56. The molecule has 7 heteroatoms. The minimum atomic E-state index is -0.414. The topological polar surface area (TPSA) is 67.5 Å². The van der Waals surface area contributed by atoms with Crippen molar-refractivity contribution in [3.05, 3.63) is 64.1 Å². The number of rotatable bonds is 4. The first-order valence-electron chi connectivity index (χ1n) is 8.97. The van der Waals surface area contributed by atoms with Crippen LogP contribution >= 0.6 is 11.6 Å². The van der Waals surface area contributed by atoms with Crippen molar-refractivity contribution in [1.82, 2.24) is 9.47 Å². The molecule has 2 heterocycles. The van der Waals surface area contributed by atoms with Crippen molar-refractivity contribution in [2.24, 2.45) is 5.92 Å². The Kier molecular flexibility index (Phi) is 5.01. The van der Waals surface area contributed by atoms with E-state index in [9.17, 15) is 9.59 Å². The van der Waals surface area contributed by atoms with Gasteiger partial charge in [-0.3, -0.25) is 14.3 Å². The fourth-order valence-corrected chi connectivity index (χ4v) is 3.70. The summed E-state index contributed by atoms with van der Waals surface area (Å²) in [6.07, 6.45) is 1.74. The highest BCUT2D eigenvalue weighted by Crippen LogP contribution is 2.22. The van der Waals surface area contributed by atoms with Gasteiger partial charge in [-0.1, -0.05) is 29.8 Å². The van der Waals surface area contributed by atoms with Crippen molar-refractivity contribution in [2.75, 3.05) is 18.4 Å². The summed E-state index contributed by atoms with van der Waals surface area (Å²) in [6, 6.07) is 14.6. The monoisotopic (exact) mass is 385 g/mol. The third-order valence-electron chi connectivity index (χ3n) is 4.89. The molecule has 0 spiro atoms. The third kappa shape index (κ3) is 3.91. The van der Waals surface area contributed by atoms with Crippen LogP contribution in [-0.2, 0) is 11.5 Å². The molecule has 1 atom stereocenters. The van der Waals surface area contributed by atoms with Gasteiger partial charge in [0.25, 0.3) is 0 Å². The maximum absolute atomic E-state index is 12.6. The van der Waals surface area contributed by atoms with Crippen LogP contribution in [0.25, 0.3) is 11.1 Å². The molecule has 0 radical (unpaired) electrons. The van der Waals surface area contributed by atoms with Gasteiger partial charge >= 0.3 is 5.76 Å². The lowest BCUT2D eigenvalue weighted by Gasteiger charge is -2.31. The second-order valence-electron chi connectivity index (χ2n) is 6.82. The quantitative estimate of drug-likeness (QED) is 0.745. The highest BCUT2D eigenvalue weighted by atomic mass is 35.5. The fourth-order valence-electron chi connectivity index (χ4n) is 3.53. The molecule has 0 saturated carbocycles. The van der Waals surface area contributed by atoms with E-state index in [2.05, 4.69) is 10.2 Å². The van der Waals surface area contributed by atoms with Crippen LogP contribution in [0.3, 0.4) is 0 Å². The predicted molar refractivity (Wildman–Crippen MR) is 105 cm³/mol. The molecule has 0 bridgehead atoms. The second-order valence-corrected chi connectivity index (χ2v) is 7.26. The molecule has 1 aliphatic heterocycles. The fraction of sp³-hybridized carbons (Fsp3) is 0.300. The van der Waals surface area contributed by atoms with E-state index in [-0.39, 0.29) is 11.8 Å². The summed E-state index contributed by atoms with van der Waals surface area (Å²) in [6.45, 7) is 1.80. The molecule has 1 aromatic heterocycles. The molecule has 3 aromatic rings. The van der Waals surface area contributed by atoms with Gasteiger partial charge in [-0.15, -0.1) is 0 Å². The summed E-state index contributed by atoms with van der Waals surface area (Å²) < 4.78 is 6.86. The van der Waals surface area contributed by atoms with Crippen molar-refractivity contribution >= 4 is 34.3 Å². The summed E-state index contributed by atoms with van der Waals surface area (Å²) in [5.74, 6) is -0.516. The number of nitrogens with zero attached hydrogens (tertiary/aromatic N) is 2. The lowest BCUT2D eigenvalue weighted by Crippen LogP contribution is -2.42.